The third kappa shape index (κ3) is 2.95. The zero-order valence-corrected chi connectivity index (χ0v) is 10.4. The second-order valence-electron chi connectivity index (χ2n) is 4.81. The Balaban J connectivity index is 2.02. The number of pyridine rings is 1. The van der Waals surface area contributed by atoms with E-state index in [9.17, 15) is 10.1 Å². The smallest absolute Gasteiger partial charge is 0.290 e. The maximum Gasteiger partial charge on any atom is 0.290 e. The number of hydrogen-bond donors (Lipinski definition) is 2. The van der Waals surface area contributed by atoms with Gasteiger partial charge in [-0.3, -0.25) is 10.1 Å². The van der Waals surface area contributed by atoms with Crippen LogP contribution in [0.1, 0.15) is 31.4 Å². The SMILES string of the molecule is Cc1nc(NC2CCC(N)CC2)ccc1[N+](=O)[O-]. The molecule has 18 heavy (non-hydrogen) atoms. The van der Waals surface area contributed by atoms with E-state index in [2.05, 4.69) is 10.3 Å². The van der Waals surface area contributed by atoms with Crippen LogP contribution in [0.5, 0.6) is 0 Å². The van der Waals surface area contributed by atoms with Gasteiger partial charge in [0.05, 0.1) is 4.92 Å². The molecular weight excluding hydrogens is 232 g/mol. The number of nitrogens with zero attached hydrogens (tertiary/aromatic N) is 2. The monoisotopic (exact) mass is 250 g/mol. The molecule has 1 aliphatic carbocycles. The number of nitrogens with two attached hydrogens (primary N) is 1. The third-order valence-corrected chi connectivity index (χ3v) is 3.38. The number of aromatic nitrogens is 1. The number of aryl methyl sites for hydroxylation is 1. The quantitative estimate of drug-likeness (QED) is 0.632. The first-order chi connectivity index (χ1) is 8.56. The minimum Gasteiger partial charge on any atom is -0.367 e. The van der Waals surface area contributed by atoms with Gasteiger partial charge in [0.15, 0.2) is 0 Å². The lowest BCUT2D eigenvalue weighted by Gasteiger charge is -2.27. The van der Waals surface area contributed by atoms with E-state index in [0.717, 1.165) is 25.7 Å². The topological polar surface area (TPSA) is 94.1 Å². The highest BCUT2D eigenvalue weighted by molar-refractivity contribution is 5.45. The summed E-state index contributed by atoms with van der Waals surface area (Å²) < 4.78 is 0. The minimum absolute atomic E-state index is 0.0613. The van der Waals surface area contributed by atoms with Crippen molar-refractivity contribution in [2.45, 2.75) is 44.7 Å². The molecule has 98 valence electrons. The van der Waals surface area contributed by atoms with Crippen molar-refractivity contribution in [3.63, 3.8) is 0 Å². The van der Waals surface area contributed by atoms with Crippen LogP contribution in [0.4, 0.5) is 11.5 Å². The van der Waals surface area contributed by atoms with Crippen LogP contribution in [0.2, 0.25) is 0 Å². The Morgan fingerprint density at radius 3 is 2.61 bits per heavy atom. The molecule has 3 N–H and O–H groups in total. The van der Waals surface area contributed by atoms with Crippen LogP contribution in [0.15, 0.2) is 12.1 Å². The molecule has 1 saturated carbocycles. The van der Waals surface area contributed by atoms with E-state index in [0.29, 0.717) is 23.6 Å². The molecule has 1 heterocycles. The molecule has 0 bridgehead atoms. The molecule has 0 saturated heterocycles. The molecule has 6 nitrogen and oxygen atoms in total. The summed E-state index contributed by atoms with van der Waals surface area (Å²) in [5, 5.41) is 14.0. The van der Waals surface area contributed by atoms with Gasteiger partial charge in [0.25, 0.3) is 5.69 Å². The Kier molecular flexibility index (Phi) is 3.76. The van der Waals surface area contributed by atoms with Gasteiger partial charge in [-0.2, -0.15) is 0 Å². The molecule has 0 spiro atoms. The minimum atomic E-state index is -0.411. The maximum atomic E-state index is 10.7. The molecule has 1 aromatic rings. The van der Waals surface area contributed by atoms with Crippen molar-refractivity contribution in [2.24, 2.45) is 5.73 Å². The summed E-state index contributed by atoms with van der Waals surface area (Å²) in [6, 6.07) is 3.85. The Morgan fingerprint density at radius 1 is 1.39 bits per heavy atom. The first kappa shape index (κ1) is 12.8. The first-order valence-corrected chi connectivity index (χ1v) is 6.20. The highest BCUT2D eigenvalue weighted by Crippen LogP contribution is 2.22. The van der Waals surface area contributed by atoms with Gasteiger partial charge in [0.1, 0.15) is 11.5 Å². The van der Waals surface area contributed by atoms with Gasteiger partial charge in [0.2, 0.25) is 0 Å². The molecule has 0 radical (unpaired) electrons. The van der Waals surface area contributed by atoms with Crippen molar-refractivity contribution in [2.75, 3.05) is 5.32 Å². The Morgan fingerprint density at radius 2 is 2.06 bits per heavy atom. The predicted octanol–water partition coefficient (Wildman–Crippen LogP) is 1.98. The zero-order valence-electron chi connectivity index (χ0n) is 10.4. The van der Waals surface area contributed by atoms with Crippen molar-refractivity contribution in [1.29, 1.82) is 0 Å². The Labute approximate surface area is 106 Å². The van der Waals surface area contributed by atoms with Gasteiger partial charge in [-0.15, -0.1) is 0 Å². The van der Waals surface area contributed by atoms with Crippen molar-refractivity contribution in [1.82, 2.24) is 4.98 Å². The van der Waals surface area contributed by atoms with Crippen LogP contribution in [0.25, 0.3) is 0 Å². The predicted molar refractivity (Wildman–Crippen MR) is 69.5 cm³/mol. The summed E-state index contributed by atoms with van der Waals surface area (Å²) in [6.45, 7) is 1.65. The van der Waals surface area contributed by atoms with Crippen molar-refractivity contribution >= 4 is 11.5 Å². The molecule has 0 aromatic carbocycles. The van der Waals surface area contributed by atoms with E-state index >= 15 is 0 Å². The third-order valence-electron chi connectivity index (χ3n) is 3.38. The van der Waals surface area contributed by atoms with Crippen LogP contribution in [0.3, 0.4) is 0 Å². The van der Waals surface area contributed by atoms with E-state index in [1.54, 1.807) is 13.0 Å². The largest absolute Gasteiger partial charge is 0.367 e. The summed E-state index contributed by atoms with van der Waals surface area (Å²) in [7, 11) is 0. The fourth-order valence-electron chi connectivity index (χ4n) is 2.30. The number of nitro groups is 1. The number of rotatable bonds is 3. The molecule has 0 atom stereocenters. The Bertz CT molecular complexity index is 442. The van der Waals surface area contributed by atoms with Crippen molar-refractivity contribution in [3.05, 3.63) is 27.9 Å². The summed E-state index contributed by atoms with van der Waals surface area (Å²) >= 11 is 0. The van der Waals surface area contributed by atoms with Crippen LogP contribution >= 0.6 is 0 Å². The molecular formula is C12H18N4O2. The summed E-state index contributed by atoms with van der Waals surface area (Å²) in [5.74, 6) is 0.707. The van der Waals surface area contributed by atoms with Gasteiger partial charge in [-0.1, -0.05) is 0 Å². The van der Waals surface area contributed by atoms with Gasteiger partial charge >= 0.3 is 0 Å². The first-order valence-electron chi connectivity index (χ1n) is 6.20. The van der Waals surface area contributed by atoms with Crippen LogP contribution < -0.4 is 11.1 Å². The number of nitrogens with one attached hydrogen (secondary N) is 1. The fourth-order valence-corrected chi connectivity index (χ4v) is 2.30. The van der Waals surface area contributed by atoms with Gasteiger partial charge in [-0.25, -0.2) is 4.98 Å². The van der Waals surface area contributed by atoms with E-state index in [-0.39, 0.29) is 5.69 Å². The van der Waals surface area contributed by atoms with E-state index in [4.69, 9.17) is 5.73 Å². The normalized spacial score (nSPS) is 23.7. The van der Waals surface area contributed by atoms with E-state index < -0.39 is 4.92 Å². The second kappa shape index (κ2) is 5.30. The molecule has 1 aromatic heterocycles. The van der Waals surface area contributed by atoms with Crippen molar-refractivity contribution < 1.29 is 4.92 Å². The highest BCUT2D eigenvalue weighted by atomic mass is 16.6. The van der Waals surface area contributed by atoms with Crippen LogP contribution in [-0.2, 0) is 0 Å². The van der Waals surface area contributed by atoms with Crippen molar-refractivity contribution in [3.8, 4) is 0 Å². The summed E-state index contributed by atoms with van der Waals surface area (Å²) in [5.41, 5.74) is 6.35. The Hall–Kier alpha value is -1.69. The fraction of sp³-hybridized carbons (Fsp3) is 0.583. The lowest BCUT2D eigenvalue weighted by molar-refractivity contribution is -0.385. The zero-order chi connectivity index (χ0) is 13.1. The lowest BCUT2D eigenvalue weighted by Crippen LogP contribution is -2.33. The lowest BCUT2D eigenvalue weighted by atomic mass is 9.92. The average Bonchev–Trinajstić information content (AvgIpc) is 2.32. The molecule has 0 unspecified atom stereocenters. The molecule has 1 aliphatic rings. The van der Waals surface area contributed by atoms with Gasteiger partial charge < -0.3 is 11.1 Å². The van der Waals surface area contributed by atoms with E-state index in [1.165, 1.54) is 6.07 Å². The molecule has 2 rings (SSSR count). The molecule has 6 heteroatoms. The summed E-state index contributed by atoms with van der Waals surface area (Å²) in [4.78, 5) is 14.5. The van der Waals surface area contributed by atoms with Gasteiger partial charge in [0, 0.05) is 18.2 Å². The molecule has 0 aliphatic heterocycles. The standard InChI is InChI=1S/C12H18N4O2/c1-8-11(16(17)18)6-7-12(14-8)15-10-4-2-9(13)3-5-10/h6-7,9-10H,2-5,13H2,1H3,(H,14,15). The van der Waals surface area contributed by atoms with Crippen LogP contribution in [-0.4, -0.2) is 22.0 Å². The highest BCUT2D eigenvalue weighted by Gasteiger charge is 2.19. The second-order valence-corrected chi connectivity index (χ2v) is 4.81. The van der Waals surface area contributed by atoms with Gasteiger partial charge in [-0.05, 0) is 38.7 Å². The maximum absolute atomic E-state index is 10.7. The average molecular weight is 250 g/mol. The van der Waals surface area contributed by atoms with Crippen LogP contribution in [0, 0.1) is 17.0 Å². The number of hydrogen-bond acceptors (Lipinski definition) is 5. The summed E-state index contributed by atoms with van der Waals surface area (Å²) in [6.07, 6.45) is 4.09. The molecule has 0 amide bonds. The molecule has 1 fully saturated rings. The van der Waals surface area contributed by atoms with E-state index in [1.807, 2.05) is 0 Å². The number of anilines is 1.